The van der Waals surface area contributed by atoms with Gasteiger partial charge in [-0.1, -0.05) is 16.8 Å². The minimum absolute atomic E-state index is 0.204. The monoisotopic (exact) mass is 210 g/mol. The number of rotatable bonds is 2. The van der Waals surface area contributed by atoms with Crippen molar-refractivity contribution in [3.05, 3.63) is 35.2 Å². The molecule has 4 nitrogen and oxygen atoms in total. The van der Waals surface area contributed by atoms with E-state index in [1.165, 1.54) is 0 Å². The predicted molar refractivity (Wildman–Crippen MR) is 50.7 cm³/mol. The molecule has 0 aliphatic heterocycles. The molecule has 0 atom stereocenters. The van der Waals surface area contributed by atoms with Gasteiger partial charge < -0.3 is 9.63 Å². The second-order valence-corrected chi connectivity index (χ2v) is 3.11. The van der Waals surface area contributed by atoms with Gasteiger partial charge in [-0.05, 0) is 24.3 Å². The van der Waals surface area contributed by atoms with Gasteiger partial charge in [0.05, 0.1) is 0 Å². The summed E-state index contributed by atoms with van der Waals surface area (Å²) in [6, 6.07) is 7.06. The molecule has 0 aliphatic carbocycles. The summed E-state index contributed by atoms with van der Waals surface area (Å²) in [7, 11) is 0. The molecule has 0 aliphatic rings. The van der Waals surface area contributed by atoms with E-state index in [-0.39, 0.29) is 12.5 Å². The topological polar surface area (TPSA) is 59.2 Å². The van der Waals surface area contributed by atoms with Crippen molar-refractivity contribution in [1.82, 2.24) is 10.1 Å². The van der Waals surface area contributed by atoms with Crippen LogP contribution < -0.4 is 0 Å². The van der Waals surface area contributed by atoms with Gasteiger partial charge in [0.15, 0.2) is 0 Å². The van der Waals surface area contributed by atoms with E-state index in [2.05, 4.69) is 10.1 Å². The van der Waals surface area contributed by atoms with Crippen LogP contribution >= 0.6 is 11.6 Å². The smallest absolute Gasteiger partial charge is 0.252 e. The van der Waals surface area contributed by atoms with Crippen molar-refractivity contribution in [3.63, 3.8) is 0 Å². The Hall–Kier alpha value is -1.39. The van der Waals surface area contributed by atoms with Gasteiger partial charge in [0.25, 0.3) is 5.89 Å². The molecule has 0 bridgehead atoms. The second-order valence-electron chi connectivity index (χ2n) is 2.68. The van der Waals surface area contributed by atoms with Crippen molar-refractivity contribution in [1.29, 1.82) is 0 Å². The lowest BCUT2D eigenvalue weighted by Gasteiger charge is -1.92. The Balaban J connectivity index is 2.34. The molecule has 0 fully saturated rings. The zero-order valence-electron chi connectivity index (χ0n) is 7.14. The van der Waals surface area contributed by atoms with Crippen molar-refractivity contribution in [2.45, 2.75) is 6.61 Å². The van der Waals surface area contributed by atoms with Gasteiger partial charge in [-0.2, -0.15) is 4.98 Å². The summed E-state index contributed by atoms with van der Waals surface area (Å²) in [6.07, 6.45) is 0. The molecule has 1 aromatic carbocycles. The van der Waals surface area contributed by atoms with Crippen LogP contribution in [0.15, 0.2) is 28.8 Å². The van der Waals surface area contributed by atoms with E-state index in [9.17, 15) is 0 Å². The average molecular weight is 211 g/mol. The maximum absolute atomic E-state index is 8.72. The van der Waals surface area contributed by atoms with E-state index >= 15 is 0 Å². The molecule has 5 heteroatoms. The molecule has 1 heterocycles. The molecule has 0 radical (unpaired) electrons. The van der Waals surface area contributed by atoms with Crippen molar-refractivity contribution in [2.24, 2.45) is 0 Å². The Morgan fingerprint density at radius 2 is 2.00 bits per heavy atom. The number of hydrogen-bond donors (Lipinski definition) is 1. The highest BCUT2D eigenvalue weighted by Crippen LogP contribution is 2.18. The molecule has 72 valence electrons. The molecule has 0 spiro atoms. The number of aromatic nitrogens is 2. The highest BCUT2D eigenvalue weighted by molar-refractivity contribution is 6.30. The van der Waals surface area contributed by atoms with Crippen LogP contribution in [0, 0.1) is 0 Å². The lowest BCUT2D eigenvalue weighted by atomic mass is 10.2. The van der Waals surface area contributed by atoms with Crippen LogP contribution in [0.4, 0.5) is 0 Å². The molecule has 0 saturated heterocycles. The summed E-state index contributed by atoms with van der Waals surface area (Å²) in [5.74, 6) is 0.653. The molecule has 1 N–H and O–H groups in total. The largest absolute Gasteiger partial charge is 0.387 e. The molecular formula is C9H7ClN2O2. The Labute approximate surface area is 85.1 Å². The molecule has 0 unspecified atom stereocenters. The van der Waals surface area contributed by atoms with E-state index in [0.717, 1.165) is 5.56 Å². The Bertz CT molecular complexity index is 425. The van der Waals surface area contributed by atoms with Crippen molar-refractivity contribution < 1.29 is 9.63 Å². The van der Waals surface area contributed by atoms with Crippen LogP contribution in [-0.2, 0) is 6.61 Å². The Morgan fingerprint density at radius 1 is 1.29 bits per heavy atom. The fourth-order valence-corrected chi connectivity index (χ4v) is 1.16. The first-order valence-corrected chi connectivity index (χ1v) is 4.37. The van der Waals surface area contributed by atoms with Gasteiger partial charge in [0, 0.05) is 10.6 Å². The van der Waals surface area contributed by atoms with Gasteiger partial charge in [0.1, 0.15) is 6.61 Å². The zero-order chi connectivity index (χ0) is 9.97. The Kier molecular flexibility index (Phi) is 2.47. The molecule has 0 amide bonds. The minimum Gasteiger partial charge on any atom is -0.387 e. The molecule has 1 aromatic heterocycles. The summed E-state index contributed by atoms with van der Waals surface area (Å²) < 4.78 is 4.75. The second kappa shape index (κ2) is 3.77. The lowest BCUT2D eigenvalue weighted by Crippen LogP contribution is -1.83. The van der Waals surface area contributed by atoms with Crippen LogP contribution in [0.2, 0.25) is 5.02 Å². The van der Waals surface area contributed by atoms with E-state index < -0.39 is 0 Å². The maximum Gasteiger partial charge on any atom is 0.252 e. The van der Waals surface area contributed by atoms with Crippen molar-refractivity contribution in [2.75, 3.05) is 0 Å². The number of benzene rings is 1. The van der Waals surface area contributed by atoms with Crippen molar-refractivity contribution >= 4 is 11.6 Å². The van der Waals surface area contributed by atoms with Crippen LogP contribution in [0.25, 0.3) is 11.4 Å². The van der Waals surface area contributed by atoms with Crippen LogP contribution in [0.5, 0.6) is 0 Å². The number of nitrogens with zero attached hydrogens (tertiary/aromatic N) is 2. The van der Waals surface area contributed by atoms with Crippen LogP contribution in [0.1, 0.15) is 5.89 Å². The number of aliphatic hydroxyl groups excluding tert-OH is 1. The van der Waals surface area contributed by atoms with Gasteiger partial charge in [-0.25, -0.2) is 0 Å². The first kappa shape index (κ1) is 9.18. The van der Waals surface area contributed by atoms with Gasteiger partial charge in [-0.15, -0.1) is 0 Å². The SMILES string of the molecule is OCc1nc(-c2ccc(Cl)cc2)no1. The van der Waals surface area contributed by atoms with Gasteiger partial charge in [-0.3, -0.25) is 0 Å². The summed E-state index contributed by atoms with van der Waals surface area (Å²) in [6.45, 7) is -0.249. The maximum atomic E-state index is 8.72. The highest BCUT2D eigenvalue weighted by atomic mass is 35.5. The van der Waals surface area contributed by atoms with E-state index in [0.29, 0.717) is 10.8 Å². The summed E-state index contributed by atoms with van der Waals surface area (Å²) in [5.41, 5.74) is 0.804. The standard InChI is InChI=1S/C9H7ClN2O2/c10-7-3-1-6(2-4-7)9-11-8(5-13)14-12-9/h1-4,13H,5H2. The first-order valence-electron chi connectivity index (χ1n) is 3.99. The average Bonchev–Trinajstić information content (AvgIpc) is 2.67. The van der Waals surface area contributed by atoms with Gasteiger partial charge >= 0.3 is 0 Å². The molecule has 14 heavy (non-hydrogen) atoms. The number of hydrogen-bond acceptors (Lipinski definition) is 4. The number of aliphatic hydroxyl groups is 1. The minimum atomic E-state index is -0.249. The van der Waals surface area contributed by atoms with E-state index in [4.69, 9.17) is 21.2 Å². The van der Waals surface area contributed by atoms with Crippen LogP contribution in [-0.4, -0.2) is 15.2 Å². The molecule has 2 aromatic rings. The molecule has 0 saturated carbocycles. The summed E-state index contributed by atoms with van der Waals surface area (Å²) >= 11 is 5.73. The zero-order valence-corrected chi connectivity index (χ0v) is 7.90. The highest BCUT2D eigenvalue weighted by Gasteiger charge is 2.06. The predicted octanol–water partition coefficient (Wildman–Crippen LogP) is 1.88. The third-order valence-corrected chi connectivity index (χ3v) is 1.96. The fourth-order valence-electron chi connectivity index (χ4n) is 1.04. The van der Waals surface area contributed by atoms with E-state index in [1.54, 1.807) is 24.3 Å². The lowest BCUT2D eigenvalue weighted by molar-refractivity contribution is 0.222. The first-order chi connectivity index (χ1) is 6.79. The quantitative estimate of drug-likeness (QED) is 0.822. The van der Waals surface area contributed by atoms with Crippen molar-refractivity contribution in [3.8, 4) is 11.4 Å². The van der Waals surface area contributed by atoms with E-state index in [1.807, 2.05) is 0 Å². The normalized spacial score (nSPS) is 10.4. The third kappa shape index (κ3) is 1.76. The van der Waals surface area contributed by atoms with Crippen LogP contribution in [0.3, 0.4) is 0 Å². The van der Waals surface area contributed by atoms with Gasteiger partial charge in [0.2, 0.25) is 5.82 Å². The summed E-state index contributed by atoms with van der Waals surface area (Å²) in [5, 5.41) is 13.1. The fraction of sp³-hybridized carbons (Fsp3) is 0.111. The Morgan fingerprint density at radius 3 is 2.57 bits per heavy atom. The summed E-state index contributed by atoms with van der Waals surface area (Å²) in [4.78, 5) is 3.96. The third-order valence-electron chi connectivity index (χ3n) is 1.71. The molecular weight excluding hydrogens is 204 g/mol. The number of halogens is 1. The molecule has 2 rings (SSSR count).